The number of benzene rings is 1. The molecule has 2 aliphatic heterocycles. The molecule has 1 amide bonds. The lowest BCUT2D eigenvalue weighted by molar-refractivity contribution is -0.145. The molecule has 4 rings (SSSR count). The standard InChI is InChI=1S/C17H21FN2O5S/c18-13-1-3-14(4-2-13)20-11-17(25-9-16(20)21)10-19(7-8-24-12-17)26(22,23)15-5-6-15/h1-4,15H,5-12H2/t17-/m1/s1. The molecule has 0 unspecified atom stereocenters. The second kappa shape index (κ2) is 6.56. The SMILES string of the molecule is O=C1CO[C@@]2(COCCN(S(=O)(=O)C3CC3)C2)CN1c1ccc(F)cc1. The Balaban J connectivity index is 1.59. The van der Waals surface area contributed by atoms with E-state index < -0.39 is 15.6 Å². The van der Waals surface area contributed by atoms with Gasteiger partial charge in [-0.2, -0.15) is 4.31 Å². The van der Waals surface area contributed by atoms with Crippen LogP contribution >= 0.6 is 0 Å². The zero-order valence-corrected chi connectivity index (χ0v) is 15.1. The molecule has 0 radical (unpaired) electrons. The van der Waals surface area contributed by atoms with Gasteiger partial charge in [-0.05, 0) is 37.1 Å². The van der Waals surface area contributed by atoms with E-state index in [1.54, 1.807) is 0 Å². The van der Waals surface area contributed by atoms with Crippen LogP contribution < -0.4 is 4.90 Å². The van der Waals surface area contributed by atoms with Crippen LogP contribution in [-0.4, -0.2) is 68.9 Å². The van der Waals surface area contributed by atoms with Crippen LogP contribution in [0.25, 0.3) is 0 Å². The molecule has 0 N–H and O–H groups in total. The van der Waals surface area contributed by atoms with Crippen molar-refractivity contribution in [2.24, 2.45) is 0 Å². The molecule has 7 nitrogen and oxygen atoms in total. The maximum Gasteiger partial charge on any atom is 0.253 e. The number of hydrogen-bond acceptors (Lipinski definition) is 5. The number of ether oxygens (including phenoxy) is 2. The summed E-state index contributed by atoms with van der Waals surface area (Å²) < 4.78 is 51.4. The molecule has 0 aromatic heterocycles. The van der Waals surface area contributed by atoms with Crippen LogP contribution in [0.5, 0.6) is 0 Å². The lowest BCUT2D eigenvalue weighted by Gasteiger charge is -2.42. The van der Waals surface area contributed by atoms with Crippen molar-refractivity contribution in [2.75, 3.05) is 44.4 Å². The van der Waals surface area contributed by atoms with Crippen LogP contribution in [0.4, 0.5) is 10.1 Å². The van der Waals surface area contributed by atoms with Crippen molar-refractivity contribution in [3.8, 4) is 0 Å². The van der Waals surface area contributed by atoms with Gasteiger partial charge >= 0.3 is 0 Å². The lowest BCUT2D eigenvalue weighted by Crippen LogP contribution is -2.61. The highest BCUT2D eigenvalue weighted by atomic mass is 32.2. The largest absolute Gasteiger partial charge is 0.377 e. The Labute approximate surface area is 151 Å². The van der Waals surface area contributed by atoms with E-state index in [0.29, 0.717) is 25.1 Å². The average molecular weight is 384 g/mol. The van der Waals surface area contributed by atoms with E-state index in [0.717, 1.165) is 0 Å². The minimum Gasteiger partial charge on any atom is -0.377 e. The van der Waals surface area contributed by atoms with Gasteiger partial charge in [0, 0.05) is 18.8 Å². The topological polar surface area (TPSA) is 76.1 Å². The number of amides is 1. The zero-order chi connectivity index (χ0) is 18.4. The van der Waals surface area contributed by atoms with Gasteiger partial charge in [-0.1, -0.05) is 0 Å². The van der Waals surface area contributed by atoms with E-state index in [-0.39, 0.29) is 49.8 Å². The fourth-order valence-electron chi connectivity index (χ4n) is 3.42. The lowest BCUT2D eigenvalue weighted by atomic mass is 10.0. The molecule has 1 aromatic carbocycles. The van der Waals surface area contributed by atoms with Gasteiger partial charge in [0.05, 0.1) is 25.0 Å². The summed E-state index contributed by atoms with van der Waals surface area (Å²) >= 11 is 0. The zero-order valence-electron chi connectivity index (χ0n) is 14.3. The molecule has 3 fully saturated rings. The summed E-state index contributed by atoms with van der Waals surface area (Å²) in [4.78, 5) is 13.8. The summed E-state index contributed by atoms with van der Waals surface area (Å²) in [6, 6.07) is 5.64. The fourth-order valence-corrected chi connectivity index (χ4v) is 5.32. The third-order valence-corrected chi connectivity index (χ3v) is 7.35. The smallest absolute Gasteiger partial charge is 0.253 e. The maximum atomic E-state index is 13.2. The van der Waals surface area contributed by atoms with Crippen molar-refractivity contribution in [3.05, 3.63) is 30.1 Å². The third kappa shape index (κ3) is 3.36. The Morgan fingerprint density at radius 3 is 2.58 bits per heavy atom. The normalized spacial score (nSPS) is 28.3. The summed E-state index contributed by atoms with van der Waals surface area (Å²) in [6.45, 7) is 0.924. The number of nitrogens with zero attached hydrogens (tertiary/aromatic N) is 2. The van der Waals surface area contributed by atoms with E-state index in [2.05, 4.69) is 0 Å². The highest BCUT2D eigenvalue weighted by Crippen LogP contribution is 2.34. The van der Waals surface area contributed by atoms with Crippen molar-refractivity contribution in [2.45, 2.75) is 23.7 Å². The van der Waals surface area contributed by atoms with Crippen molar-refractivity contribution in [1.82, 2.24) is 4.31 Å². The van der Waals surface area contributed by atoms with Crippen molar-refractivity contribution >= 4 is 21.6 Å². The van der Waals surface area contributed by atoms with Gasteiger partial charge in [0.25, 0.3) is 5.91 Å². The van der Waals surface area contributed by atoms with E-state index in [4.69, 9.17) is 9.47 Å². The molecule has 1 saturated carbocycles. The van der Waals surface area contributed by atoms with Gasteiger partial charge in [-0.3, -0.25) is 4.79 Å². The van der Waals surface area contributed by atoms with Gasteiger partial charge in [-0.15, -0.1) is 0 Å². The van der Waals surface area contributed by atoms with Crippen LogP contribution in [-0.2, 0) is 24.3 Å². The van der Waals surface area contributed by atoms with Crippen molar-refractivity contribution in [3.63, 3.8) is 0 Å². The molecule has 0 bridgehead atoms. The molecule has 142 valence electrons. The van der Waals surface area contributed by atoms with E-state index in [1.165, 1.54) is 33.5 Å². The highest BCUT2D eigenvalue weighted by molar-refractivity contribution is 7.90. The summed E-state index contributed by atoms with van der Waals surface area (Å²) in [5.74, 6) is -0.633. The summed E-state index contributed by atoms with van der Waals surface area (Å²) in [7, 11) is -3.37. The van der Waals surface area contributed by atoms with Crippen LogP contribution in [0.1, 0.15) is 12.8 Å². The maximum absolute atomic E-state index is 13.2. The van der Waals surface area contributed by atoms with Crippen LogP contribution in [0.3, 0.4) is 0 Å². The molecule has 26 heavy (non-hydrogen) atoms. The number of rotatable bonds is 3. The minimum atomic E-state index is -3.37. The van der Waals surface area contributed by atoms with Gasteiger partial charge in [0.15, 0.2) is 0 Å². The van der Waals surface area contributed by atoms with Gasteiger partial charge in [0.1, 0.15) is 18.0 Å². The molecule has 9 heteroatoms. The molecule has 1 aliphatic carbocycles. The number of anilines is 1. The van der Waals surface area contributed by atoms with E-state index >= 15 is 0 Å². The Hall–Kier alpha value is -1.55. The van der Waals surface area contributed by atoms with Crippen molar-refractivity contribution in [1.29, 1.82) is 0 Å². The first-order valence-corrected chi connectivity index (χ1v) is 10.2. The average Bonchev–Trinajstić information content (AvgIpc) is 3.46. The number of carbonyl (C=O) groups is 1. The Bertz CT molecular complexity index is 796. The Kier molecular flexibility index (Phi) is 4.50. The molecule has 2 heterocycles. The third-order valence-electron chi connectivity index (χ3n) is 5.01. The van der Waals surface area contributed by atoms with Crippen molar-refractivity contribution < 1.29 is 27.1 Å². The summed E-state index contributed by atoms with van der Waals surface area (Å²) in [5, 5.41) is -0.309. The predicted molar refractivity (Wildman–Crippen MR) is 91.8 cm³/mol. The summed E-state index contributed by atoms with van der Waals surface area (Å²) in [6.07, 6.45) is 1.38. The molecule has 3 aliphatic rings. The van der Waals surface area contributed by atoms with Crippen LogP contribution in [0.2, 0.25) is 0 Å². The number of halogens is 1. The van der Waals surface area contributed by atoms with E-state index in [9.17, 15) is 17.6 Å². The predicted octanol–water partition coefficient (Wildman–Crippen LogP) is 0.752. The second-order valence-corrected chi connectivity index (χ2v) is 9.27. The number of hydrogen-bond donors (Lipinski definition) is 0. The number of morpholine rings is 1. The number of carbonyl (C=O) groups excluding carboxylic acids is 1. The van der Waals surface area contributed by atoms with E-state index in [1.807, 2.05) is 0 Å². The van der Waals surface area contributed by atoms with Gasteiger partial charge in [0.2, 0.25) is 10.0 Å². The molecule has 1 spiro atoms. The highest BCUT2D eigenvalue weighted by Gasteiger charge is 2.48. The quantitative estimate of drug-likeness (QED) is 0.769. The van der Waals surface area contributed by atoms with Crippen LogP contribution in [0, 0.1) is 5.82 Å². The minimum absolute atomic E-state index is 0.150. The fraction of sp³-hybridized carbons (Fsp3) is 0.588. The first-order chi connectivity index (χ1) is 12.4. The Morgan fingerprint density at radius 2 is 1.88 bits per heavy atom. The van der Waals surface area contributed by atoms with Crippen LogP contribution in [0.15, 0.2) is 24.3 Å². The first kappa shape index (κ1) is 17.8. The molecular weight excluding hydrogens is 363 g/mol. The molecule has 1 atom stereocenters. The first-order valence-electron chi connectivity index (χ1n) is 8.66. The summed E-state index contributed by atoms with van der Waals surface area (Å²) in [5.41, 5.74) is -0.374. The second-order valence-electron chi connectivity index (χ2n) is 7.06. The molecule has 1 aromatic rings. The Morgan fingerprint density at radius 1 is 1.15 bits per heavy atom. The monoisotopic (exact) mass is 384 g/mol. The number of sulfonamides is 1. The molecule has 2 saturated heterocycles. The van der Waals surface area contributed by atoms with Gasteiger partial charge < -0.3 is 14.4 Å². The molecular formula is C17H21FN2O5S. The van der Waals surface area contributed by atoms with Gasteiger partial charge in [-0.25, -0.2) is 12.8 Å².